The predicted octanol–water partition coefficient (Wildman–Crippen LogP) is 0.339. The number of rotatable bonds is 6. The number of fused-ring (bicyclic) bond motifs is 2. The van der Waals surface area contributed by atoms with E-state index in [1.165, 1.54) is 18.4 Å². The van der Waals surface area contributed by atoms with E-state index in [0.717, 1.165) is 44.9 Å². The van der Waals surface area contributed by atoms with E-state index in [0.29, 0.717) is 6.54 Å². The fourth-order valence-electron chi connectivity index (χ4n) is 4.62. The van der Waals surface area contributed by atoms with Gasteiger partial charge in [0.2, 0.25) is 5.91 Å². The smallest absolute Gasteiger partial charge is 0.303 e. The lowest BCUT2D eigenvalue weighted by atomic mass is 9.55. The van der Waals surface area contributed by atoms with Crippen LogP contribution in [-0.2, 0) is 15.0 Å². The Morgan fingerprint density at radius 2 is 1.96 bits per heavy atom. The minimum atomic E-state index is -3.45. The molecule has 2 N–H and O–H groups in total. The SMILES string of the molecule is C#[N+][C@@H]1CCCN1C(=O)CNC12CCCC(NS(=O)(=O)N(C)C)(C1)C2. The summed E-state index contributed by atoms with van der Waals surface area (Å²) >= 11 is 0. The van der Waals surface area contributed by atoms with E-state index in [1.54, 1.807) is 4.90 Å². The molecule has 1 atom stereocenters. The molecule has 1 aliphatic heterocycles. The van der Waals surface area contributed by atoms with E-state index in [9.17, 15) is 13.2 Å². The van der Waals surface area contributed by atoms with E-state index in [-0.39, 0.29) is 29.7 Å². The molecule has 1 saturated heterocycles. The summed E-state index contributed by atoms with van der Waals surface area (Å²) in [5.41, 5.74) is -0.516. The molecule has 4 aliphatic rings. The molecule has 0 spiro atoms. The molecule has 0 radical (unpaired) electrons. The Bertz CT molecular complexity index is 678. The first kappa shape index (κ1) is 18.6. The van der Waals surface area contributed by atoms with Crippen LogP contribution < -0.4 is 10.0 Å². The number of nitrogens with zero attached hydrogens (tertiary/aromatic N) is 3. The molecule has 2 bridgehead atoms. The summed E-state index contributed by atoms with van der Waals surface area (Å²) < 4.78 is 28.4. The van der Waals surface area contributed by atoms with Gasteiger partial charge >= 0.3 is 6.17 Å². The van der Waals surface area contributed by atoms with Gasteiger partial charge in [0.1, 0.15) is 0 Å². The average Bonchev–Trinajstić information content (AvgIpc) is 3.00. The van der Waals surface area contributed by atoms with E-state index in [4.69, 9.17) is 6.57 Å². The minimum Gasteiger partial charge on any atom is -0.303 e. The second-order valence-electron chi connectivity index (χ2n) is 7.87. The van der Waals surface area contributed by atoms with Crippen molar-refractivity contribution in [3.05, 3.63) is 4.85 Å². The van der Waals surface area contributed by atoms with E-state index in [2.05, 4.69) is 14.9 Å². The first-order chi connectivity index (χ1) is 11.7. The second kappa shape index (κ2) is 6.50. The quantitative estimate of drug-likeness (QED) is 0.706. The molecular weight excluding hydrogens is 342 g/mol. The van der Waals surface area contributed by atoms with Crippen LogP contribution in [0, 0.1) is 6.57 Å². The van der Waals surface area contributed by atoms with Gasteiger partial charge < -0.3 is 5.32 Å². The summed E-state index contributed by atoms with van der Waals surface area (Å²) in [6.45, 7) is 6.33. The topological polar surface area (TPSA) is 86.1 Å². The Morgan fingerprint density at radius 3 is 2.60 bits per heavy atom. The van der Waals surface area contributed by atoms with Gasteiger partial charge in [-0.3, -0.25) is 9.69 Å². The highest BCUT2D eigenvalue weighted by molar-refractivity contribution is 7.87. The predicted molar refractivity (Wildman–Crippen MR) is 95.3 cm³/mol. The molecule has 140 valence electrons. The van der Waals surface area contributed by atoms with Crippen LogP contribution in [0.4, 0.5) is 0 Å². The normalized spacial score (nSPS) is 34.6. The van der Waals surface area contributed by atoms with Crippen molar-refractivity contribution >= 4 is 16.1 Å². The Hall–Kier alpha value is -1.21. The molecule has 0 aromatic heterocycles. The van der Waals surface area contributed by atoms with Crippen molar-refractivity contribution in [2.24, 2.45) is 0 Å². The highest BCUT2D eigenvalue weighted by Crippen LogP contribution is 2.52. The molecule has 0 aromatic rings. The zero-order chi connectivity index (χ0) is 18.3. The lowest BCUT2D eigenvalue weighted by molar-refractivity contribution is -0.131. The number of amides is 1. The summed E-state index contributed by atoms with van der Waals surface area (Å²) in [4.78, 5) is 17.9. The molecule has 4 fully saturated rings. The second-order valence-corrected chi connectivity index (χ2v) is 9.75. The Kier molecular flexibility index (Phi) is 4.83. The molecule has 0 aromatic carbocycles. The average molecular weight is 370 g/mol. The highest BCUT2D eigenvalue weighted by atomic mass is 32.2. The van der Waals surface area contributed by atoms with Gasteiger partial charge in [-0.25, -0.2) is 0 Å². The number of hydrogen-bond acceptors (Lipinski definition) is 4. The fraction of sp³-hybridized carbons (Fsp3) is 0.875. The number of carbonyl (C=O) groups is 1. The van der Waals surface area contributed by atoms with Crippen LogP contribution in [0.2, 0.25) is 0 Å². The summed E-state index contributed by atoms with van der Waals surface area (Å²) in [6, 6.07) is 0. The maximum atomic E-state index is 12.4. The molecular formula is C16H28N5O3S+. The van der Waals surface area contributed by atoms with E-state index >= 15 is 0 Å². The van der Waals surface area contributed by atoms with Crippen LogP contribution in [0.15, 0.2) is 0 Å². The van der Waals surface area contributed by atoms with Crippen molar-refractivity contribution in [2.45, 2.75) is 62.2 Å². The summed E-state index contributed by atoms with van der Waals surface area (Å²) in [5.74, 6) is 0.0167. The van der Waals surface area contributed by atoms with Crippen molar-refractivity contribution in [1.29, 1.82) is 0 Å². The van der Waals surface area contributed by atoms with Gasteiger partial charge in [0.05, 0.1) is 13.0 Å². The molecule has 1 amide bonds. The van der Waals surface area contributed by atoms with Crippen LogP contribution >= 0.6 is 0 Å². The Balaban J connectivity index is 1.56. The van der Waals surface area contributed by atoms with Crippen molar-refractivity contribution in [2.75, 3.05) is 27.2 Å². The Labute approximate surface area is 149 Å². The maximum Gasteiger partial charge on any atom is 0.349 e. The monoisotopic (exact) mass is 370 g/mol. The summed E-state index contributed by atoms with van der Waals surface area (Å²) in [5, 5.41) is 3.40. The van der Waals surface area contributed by atoms with E-state index in [1.807, 2.05) is 0 Å². The van der Waals surface area contributed by atoms with Crippen molar-refractivity contribution < 1.29 is 13.2 Å². The number of likely N-dealkylation sites (tertiary alicyclic amines) is 1. The number of hydrogen-bond donors (Lipinski definition) is 2. The first-order valence-corrected chi connectivity index (χ1v) is 10.3. The van der Waals surface area contributed by atoms with Crippen molar-refractivity contribution in [3.8, 4) is 6.57 Å². The molecule has 9 heteroatoms. The van der Waals surface area contributed by atoms with Crippen molar-refractivity contribution in [1.82, 2.24) is 19.2 Å². The van der Waals surface area contributed by atoms with Crippen molar-refractivity contribution in [3.63, 3.8) is 0 Å². The minimum absolute atomic E-state index is 0.0167. The van der Waals surface area contributed by atoms with E-state index < -0.39 is 10.2 Å². The number of carbonyl (C=O) groups excluding carboxylic acids is 1. The third kappa shape index (κ3) is 3.53. The fourth-order valence-corrected chi connectivity index (χ4v) is 5.60. The molecule has 4 rings (SSSR count). The van der Waals surface area contributed by atoms with Crippen LogP contribution in [0.3, 0.4) is 0 Å². The van der Waals surface area contributed by atoms with Gasteiger partial charge in [0, 0.05) is 31.7 Å². The lowest BCUT2D eigenvalue weighted by Gasteiger charge is -2.61. The zero-order valence-electron chi connectivity index (χ0n) is 15.0. The summed E-state index contributed by atoms with van der Waals surface area (Å²) in [7, 11) is -0.391. The van der Waals surface area contributed by atoms with Crippen LogP contribution in [0.25, 0.3) is 4.85 Å². The van der Waals surface area contributed by atoms with Gasteiger partial charge in [-0.2, -0.15) is 17.4 Å². The molecule has 1 heterocycles. The lowest BCUT2D eigenvalue weighted by Crippen LogP contribution is -2.73. The van der Waals surface area contributed by atoms with Crippen LogP contribution in [0.1, 0.15) is 44.9 Å². The first-order valence-electron chi connectivity index (χ1n) is 8.87. The van der Waals surface area contributed by atoms with Gasteiger partial charge in [-0.1, -0.05) is 4.85 Å². The molecule has 25 heavy (non-hydrogen) atoms. The third-order valence-corrected chi connectivity index (χ3v) is 7.47. The van der Waals surface area contributed by atoms with Gasteiger partial charge in [0.15, 0.2) is 0 Å². The zero-order valence-corrected chi connectivity index (χ0v) is 15.8. The molecule has 0 unspecified atom stereocenters. The van der Waals surface area contributed by atoms with Gasteiger partial charge in [-0.05, 0) is 38.5 Å². The Morgan fingerprint density at radius 1 is 1.28 bits per heavy atom. The van der Waals surface area contributed by atoms with Crippen LogP contribution in [-0.4, -0.2) is 68.0 Å². The molecule has 3 aliphatic carbocycles. The van der Waals surface area contributed by atoms with Crippen LogP contribution in [0.5, 0.6) is 0 Å². The largest absolute Gasteiger partial charge is 0.349 e. The highest BCUT2D eigenvalue weighted by Gasteiger charge is 2.58. The standard InChI is InChI=1S/C16H28N5O3S/c1-17-13-6-4-9-21(13)14(22)10-18-15-7-5-8-16(11-15,12-15)19-25(23,24)20(2)3/h1,13,18-19H,4-12H2,2-3H3/q+1/t13-,15?,16?/m0/s1. The van der Waals surface area contributed by atoms with Gasteiger partial charge in [-0.15, -0.1) is 0 Å². The third-order valence-electron chi connectivity index (χ3n) is 5.82. The summed E-state index contributed by atoms with van der Waals surface area (Å²) in [6.07, 6.45) is 5.76. The molecule has 3 saturated carbocycles. The van der Waals surface area contributed by atoms with Gasteiger partial charge in [0.25, 0.3) is 16.8 Å². The maximum absolute atomic E-state index is 12.4. The number of nitrogens with one attached hydrogen (secondary N) is 2. The molecule has 8 nitrogen and oxygen atoms in total.